The predicted molar refractivity (Wildman–Crippen MR) is 142 cm³/mol. The van der Waals surface area contributed by atoms with E-state index in [4.69, 9.17) is 5.73 Å². The van der Waals surface area contributed by atoms with Crippen molar-refractivity contribution in [1.29, 1.82) is 0 Å². The van der Waals surface area contributed by atoms with Gasteiger partial charge < -0.3 is 15.2 Å². The second-order valence-electron chi connectivity index (χ2n) is 8.46. The minimum absolute atomic E-state index is 0. The number of nitrogens with zero attached hydrogens (tertiary/aromatic N) is 1. The van der Waals surface area contributed by atoms with E-state index in [-0.39, 0.29) is 37.4 Å². The number of hydrogen-bond donors (Lipinski definition) is 1. The third kappa shape index (κ3) is 14.6. The fourth-order valence-corrected chi connectivity index (χ4v) is 3.32. The van der Waals surface area contributed by atoms with Crippen molar-refractivity contribution in [2.45, 2.75) is 78.4 Å². The standard InChI is InChI=1S/C14H18F3NO2S.C10H12F3NO.CH4.ClH/c1-5-12(18-21(19)13(2,3)4)10-7-6-8-11(9-10)20-14(15,16)17;1-2-9(14)7-4-3-5-8(6-7)15-10(11,12)13;;/h6-9H,5H2,1-4H3;3-6,9H,2,14H2,1H3;1H4;1H/t21-;9-;;/m10../s1. The van der Waals surface area contributed by atoms with E-state index in [1.807, 2.05) is 6.92 Å². The molecule has 0 aliphatic rings. The van der Waals surface area contributed by atoms with E-state index in [0.29, 0.717) is 29.7 Å². The molecule has 0 unspecified atom stereocenters. The Bertz CT molecular complexity index is 1040. The minimum atomic E-state index is -4.74. The second-order valence-corrected chi connectivity index (χ2v) is 10.4. The lowest BCUT2D eigenvalue weighted by Crippen LogP contribution is -2.21. The number of alkyl halides is 6. The summed E-state index contributed by atoms with van der Waals surface area (Å²) in [6.45, 7) is 9.01. The summed E-state index contributed by atoms with van der Waals surface area (Å²) in [6, 6.07) is 11.0. The highest BCUT2D eigenvalue weighted by Gasteiger charge is 2.32. The zero-order valence-electron chi connectivity index (χ0n) is 20.9. The van der Waals surface area contributed by atoms with E-state index >= 15 is 0 Å². The SMILES string of the molecule is C.CCC(=N[S@](=O)C(C)(C)C)c1cccc(OC(F)(F)F)c1.CC[C@H](N)c1cccc(OC(F)(F)F)c1.Cl. The van der Waals surface area contributed by atoms with Crippen molar-refractivity contribution in [1.82, 2.24) is 0 Å². The van der Waals surface area contributed by atoms with Crippen LogP contribution >= 0.6 is 12.4 Å². The third-order valence-corrected chi connectivity index (χ3v) is 5.85. The zero-order valence-corrected chi connectivity index (χ0v) is 22.6. The van der Waals surface area contributed by atoms with Crippen molar-refractivity contribution in [3.8, 4) is 11.5 Å². The first kappa shape index (κ1) is 37.8. The van der Waals surface area contributed by atoms with Crippen LogP contribution < -0.4 is 15.2 Å². The fourth-order valence-electron chi connectivity index (χ4n) is 2.61. The lowest BCUT2D eigenvalue weighted by Gasteiger charge is -2.15. The van der Waals surface area contributed by atoms with Crippen LogP contribution in [0, 0.1) is 0 Å². The van der Waals surface area contributed by atoms with Gasteiger partial charge in [0, 0.05) is 11.6 Å². The number of rotatable bonds is 7. The van der Waals surface area contributed by atoms with Gasteiger partial charge in [-0.2, -0.15) is 4.40 Å². The summed E-state index contributed by atoms with van der Waals surface area (Å²) < 4.78 is 95.7. The van der Waals surface area contributed by atoms with Gasteiger partial charge in [-0.05, 0) is 63.4 Å². The second kappa shape index (κ2) is 15.9. The summed E-state index contributed by atoms with van der Waals surface area (Å²) >= 11 is 0. The number of benzene rings is 2. The molecule has 2 atom stereocenters. The highest BCUT2D eigenvalue weighted by Crippen LogP contribution is 2.26. The van der Waals surface area contributed by atoms with Crippen LogP contribution in [-0.4, -0.2) is 27.4 Å². The Labute approximate surface area is 228 Å². The summed E-state index contributed by atoms with van der Waals surface area (Å²) in [4.78, 5) is 0. The largest absolute Gasteiger partial charge is 0.573 e. The van der Waals surface area contributed by atoms with Gasteiger partial charge >= 0.3 is 12.7 Å². The van der Waals surface area contributed by atoms with Crippen LogP contribution in [0.4, 0.5) is 26.3 Å². The smallest absolute Gasteiger partial charge is 0.406 e. The molecule has 0 aromatic heterocycles. The molecule has 38 heavy (non-hydrogen) atoms. The molecular weight excluding hydrogens is 558 g/mol. The molecule has 0 aliphatic carbocycles. The lowest BCUT2D eigenvalue weighted by atomic mass is 10.1. The Morgan fingerprint density at radius 2 is 1.39 bits per heavy atom. The van der Waals surface area contributed by atoms with Crippen molar-refractivity contribution in [2.75, 3.05) is 0 Å². The zero-order chi connectivity index (χ0) is 27.7. The summed E-state index contributed by atoms with van der Waals surface area (Å²) in [5.41, 5.74) is 7.28. The molecule has 218 valence electrons. The Kier molecular flexibility index (Phi) is 15.9. The van der Waals surface area contributed by atoms with Gasteiger partial charge in [0.15, 0.2) is 0 Å². The van der Waals surface area contributed by atoms with Crippen LogP contribution in [0.15, 0.2) is 52.9 Å². The van der Waals surface area contributed by atoms with Crippen molar-refractivity contribution in [3.63, 3.8) is 0 Å². The fraction of sp³-hybridized carbons (Fsp3) is 0.480. The average molecular weight is 593 g/mol. The molecule has 2 rings (SSSR count). The predicted octanol–water partition coefficient (Wildman–Crippen LogP) is 8.30. The van der Waals surface area contributed by atoms with Gasteiger partial charge in [-0.25, -0.2) is 4.21 Å². The Morgan fingerprint density at radius 3 is 1.82 bits per heavy atom. The van der Waals surface area contributed by atoms with Crippen LogP contribution in [0.2, 0.25) is 0 Å². The molecule has 0 saturated heterocycles. The highest BCUT2D eigenvalue weighted by molar-refractivity contribution is 7.85. The molecule has 0 aliphatic heterocycles. The van der Waals surface area contributed by atoms with Crippen LogP contribution in [0.1, 0.15) is 72.1 Å². The number of ether oxygens (including phenoxy) is 2. The molecule has 5 nitrogen and oxygen atoms in total. The van der Waals surface area contributed by atoms with E-state index in [1.54, 1.807) is 39.8 Å². The third-order valence-electron chi connectivity index (χ3n) is 4.41. The van der Waals surface area contributed by atoms with Gasteiger partial charge in [-0.1, -0.05) is 45.5 Å². The Balaban J connectivity index is 0. The maximum Gasteiger partial charge on any atom is 0.573 e. The van der Waals surface area contributed by atoms with E-state index in [1.165, 1.54) is 36.4 Å². The minimum Gasteiger partial charge on any atom is -0.406 e. The first-order chi connectivity index (χ1) is 16.4. The monoisotopic (exact) mass is 592 g/mol. The molecule has 0 spiro atoms. The van der Waals surface area contributed by atoms with E-state index in [9.17, 15) is 30.6 Å². The highest BCUT2D eigenvalue weighted by atomic mass is 35.5. The van der Waals surface area contributed by atoms with Crippen molar-refractivity contribution in [3.05, 3.63) is 59.7 Å². The molecule has 0 amide bonds. The molecule has 2 aromatic rings. The van der Waals surface area contributed by atoms with Gasteiger partial charge in [-0.15, -0.1) is 38.7 Å². The van der Waals surface area contributed by atoms with Crippen LogP contribution in [-0.2, 0) is 11.0 Å². The molecule has 0 bridgehead atoms. The molecule has 13 heteroatoms. The molecule has 0 saturated carbocycles. The topological polar surface area (TPSA) is 73.9 Å². The maximum absolute atomic E-state index is 12.2. The van der Waals surface area contributed by atoms with Crippen LogP contribution in [0.3, 0.4) is 0 Å². The van der Waals surface area contributed by atoms with Gasteiger partial charge in [0.2, 0.25) is 0 Å². The quantitative estimate of drug-likeness (QED) is 0.259. The van der Waals surface area contributed by atoms with Crippen molar-refractivity contribution >= 4 is 29.1 Å². The van der Waals surface area contributed by atoms with Crippen LogP contribution in [0.25, 0.3) is 0 Å². The Morgan fingerprint density at radius 1 is 0.921 bits per heavy atom. The average Bonchev–Trinajstić information content (AvgIpc) is 2.74. The number of halogens is 7. The summed E-state index contributed by atoms with van der Waals surface area (Å²) in [7, 11) is -1.47. The van der Waals surface area contributed by atoms with E-state index in [0.717, 1.165) is 0 Å². The molecule has 2 N–H and O–H groups in total. The normalized spacial score (nSPS) is 13.6. The summed E-state index contributed by atoms with van der Waals surface area (Å²) in [5, 5.41) is 0. The van der Waals surface area contributed by atoms with Crippen LogP contribution in [0.5, 0.6) is 11.5 Å². The molecular formula is C25H35ClF6N2O3S. The molecule has 0 heterocycles. The molecule has 0 fully saturated rings. The Hall–Kier alpha value is -2.31. The van der Waals surface area contributed by atoms with Gasteiger partial charge in [0.25, 0.3) is 0 Å². The number of hydrogen-bond acceptors (Lipinski definition) is 4. The van der Waals surface area contributed by atoms with E-state index < -0.39 is 28.5 Å². The maximum atomic E-state index is 12.2. The van der Waals surface area contributed by atoms with Gasteiger partial charge in [0.1, 0.15) is 22.5 Å². The lowest BCUT2D eigenvalue weighted by molar-refractivity contribution is -0.275. The first-order valence-electron chi connectivity index (χ1n) is 10.9. The first-order valence-corrected chi connectivity index (χ1v) is 12.0. The van der Waals surface area contributed by atoms with Crippen molar-refractivity contribution < 1.29 is 40.0 Å². The molecule has 0 radical (unpaired) electrons. The van der Waals surface area contributed by atoms with Crippen molar-refractivity contribution in [2.24, 2.45) is 10.1 Å². The van der Waals surface area contributed by atoms with Gasteiger partial charge in [-0.3, -0.25) is 0 Å². The summed E-state index contributed by atoms with van der Waals surface area (Å²) in [6.07, 6.45) is -8.28. The molecule has 2 aromatic carbocycles. The summed E-state index contributed by atoms with van der Waals surface area (Å²) in [5.74, 6) is -0.549. The number of nitrogens with two attached hydrogens (primary N) is 1. The van der Waals surface area contributed by atoms with Gasteiger partial charge in [0.05, 0.1) is 10.5 Å². The van der Waals surface area contributed by atoms with E-state index in [2.05, 4.69) is 13.9 Å².